The number of ether oxygens (including phenoxy) is 1. The fraction of sp³-hybridized carbons (Fsp3) is 0.900. The van der Waals surface area contributed by atoms with Crippen molar-refractivity contribution in [2.24, 2.45) is 11.8 Å². The van der Waals surface area contributed by atoms with Crippen LogP contribution in [0.5, 0.6) is 0 Å². The second-order valence-electron chi connectivity index (χ2n) is 7.56. The van der Waals surface area contributed by atoms with Gasteiger partial charge in [-0.15, -0.1) is 6.58 Å². The molecule has 3 nitrogen and oxygen atoms in total. The molecule has 0 heterocycles. The predicted octanol–water partition coefficient (Wildman–Crippen LogP) is 4.22. The van der Waals surface area contributed by atoms with Crippen LogP contribution in [-0.4, -0.2) is 34.6 Å². The second-order valence-corrected chi connectivity index (χ2v) is 7.56. The van der Waals surface area contributed by atoms with Gasteiger partial charge in [0.05, 0.1) is 18.3 Å². The van der Waals surface area contributed by atoms with E-state index < -0.39 is 12.2 Å². The Balaban J connectivity index is 2.07. The smallest absolute Gasteiger partial charge is 0.102 e. The van der Waals surface area contributed by atoms with E-state index in [9.17, 15) is 10.2 Å². The Morgan fingerprint density at radius 2 is 1.48 bits per heavy atom. The molecule has 0 aromatic heterocycles. The highest BCUT2D eigenvalue weighted by molar-refractivity contribution is 4.91. The Labute approximate surface area is 142 Å². The Bertz CT molecular complexity index is 332. The first-order valence-corrected chi connectivity index (χ1v) is 9.81. The average Bonchev–Trinajstić information content (AvgIpc) is 2.63. The van der Waals surface area contributed by atoms with Gasteiger partial charge >= 0.3 is 0 Å². The molecule has 2 N–H and O–H groups in total. The molecule has 3 heteroatoms. The van der Waals surface area contributed by atoms with Crippen LogP contribution >= 0.6 is 0 Å². The Hall–Kier alpha value is -0.380. The fourth-order valence-electron chi connectivity index (χ4n) is 4.39. The highest BCUT2D eigenvalue weighted by Crippen LogP contribution is 2.36. The third-order valence-corrected chi connectivity index (χ3v) is 5.93. The van der Waals surface area contributed by atoms with Gasteiger partial charge in [0, 0.05) is 0 Å². The summed E-state index contributed by atoms with van der Waals surface area (Å²) in [5.74, 6) is 0.784. The summed E-state index contributed by atoms with van der Waals surface area (Å²) in [5.41, 5.74) is 0. The van der Waals surface area contributed by atoms with Crippen LogP contribution in [-0.2, 0) is 4.74 Å². The molecule has 4 unspecified atom stereocenters. The molecule has 2 aliphatic rings. The first-order chi connectivity index (χ1) is 11.2. The maximum atomic E-state index is 11.0. The van der Waals surface area contributed by atoms with Gasteiger partial charge < -0.3 is 14.9 Å². The third kappa shape index (κ3) is 5.30. The molecule has 0 aliphatic heterocycles. The van der Waals surface area contributed by atoms with Crippen LogP contribution in [0.2, 0.25) is 0 Å². The quantitative estimate of drug-likeness (QED) is 0.657. The summed E-state index contributed by atoms with van der Waals surface area (Å²) in [6.45, 7) is 5.79. The Morgan fingerprint density at radius 3 is 1.96 bits per heavy atom. The number of aliphatic hydroxyl groups excluding tert-OH is 2. The molecule has 4 atom stereocenters. The van der Waals surface area contributed by atoms with Crippen LogP contribution in [0.15, 0.2) is 12.7 Å². The second kappa shape index (κ2) is 9.80. The molecular formula is C20H36O3. The topological polar surface area (TPSA) is 49.7 Å². The van der Waals surface area contributed by atoms with Crippen molar-refractivity contribution < 1.29 is 14.9 Å². The molecule has 0 radical (unpaired) electrons. The van der Waals surface area contributed by atoms with E-state index in [-0.39, 0.29) is 12.2 Å². The van der Waals surface area contributed by atoms with Crippen molar-refractivity contribution in [1.82, 2.24) is 0 Å². The van der Waals surface area contributed by atoms with E-state index in [4.69, 9.17) is 4.74 Å². The van der Waals surface area contributed by atoms with Crippen molar-refractivity contribution in [3.05, 3.63) is 12.7 Å². The molecule has 0 saturated heterocycles. The lowest BCUT2D eigenvalue weighted by Gasteiger charge is -2.40. The molecule has 2 fully saturated rings. The molecule has 2 aliphatic carbocycles. The summed E-state index contributed by atoms with van der Waals surface area (Å²) in [6, 6.07) is 0. The van der Waals surface area contributed by atoms with Crippen molar-refractivity contribution in [2.45, 2.75) is 102 Å². The van der Waals surface area contributed by atoms with Crippen molar-refractivity contribution in [3.63, 3.8) is 0 Å². The summed E-state index contributed by atoms with van der Waals surface area (Å²) in [6.07, 6.45) is 12.9. The molecule has 2 saturated carbocycles. The zero-order valence-electron chi connectivity index (χ0n) is 14.8. The summed E-state index contributed by atoms with van der Waals surface area (Å²) in [5, 5.41) is 21.2. The van der Waals surface area contributed by atoms with E-state index in [0.717, 1.165) is 25.7 Å². The van der Waals surface area contributed by atoms with Crippen molar-refractivity contribution in [1.29, 1.82) is 0 Å². The van der Waals surface area contributed by atoms with Gasteiger partial charge in [0.1, 0.15) is 6.10 Å². The van der Waals surface area contributed by atoms with Gasteiger partial charge in [-0.25, -0.2) is 0 Å². The number of hydrogen-bond acceptors (Lipinski definition) is 3. The summed E-state index contributed by atoms with van der Waals surface area (Å²) in [4.78, 5) is 0. The molecule has 0 bridgehead atoms. The normalized spacial score (nSPS) is 26.4. The first kappa shape index (κ1) is 19.0. The van der Waals surface area contributed by atoms with Crippen molar-refractivity contribution in [2.75, 3.05) is 0 Å². The molecular weight excluding hydrogens is 288 g/mol. The minimum Gasteiger partial charge on any atom is -0.390 e. The van der Waals surface area contributed by atoms with Crippen LogP contribution in [0.3, 0.4) is 0 Å². The Kier molecular flexibility index (Phi) is 8.08. The maximum absolute atomic E-state index is 11.0. The van der Waals surface area contributed by atoms with Gasteiger partial charge in [-0.05, 0) is 43.9 Å². The third-order valence-electron chi connectivity index (χ3n) is 5.93. The summed E-state index contributed by atoms with van der Waals surface area (Å²) in [7, 11) is 0. The highest BCUT2D eigenvalue weighted by Gasteiger charge is 2.37. The van der Waals surface area contributed by atoms with Crippen LogP contribution < -0.4 is 0 Å². The zero-order valence-corrected chi connectivity index (χ0v) is 14.8. The lowest BCUT2D eigenvalue weighted by molar-refractivity contribution is -0.141. The lowest BCUT2D eigenvalue weighted by Crippen LogP contribution is -2.45. The minimum absolute atomic E-state index is 0.150. The molecule has 2 rings (SSSR count). The van der Waals surface area contributed by atoms with Gasteiger partial charge in [-0.1, -0.05) is 51.5 Å². The van der Waals surface area contributed by atoms with Crippen LogP contribution in [0.4, 0.5) is 0 Å². The Morgan fingerprint density at radius 1 is 0.957 bits per heavy atom. The lowest BCUT2D eigenvalue weighted by atomic mass is 9.76. The van der Waals surface area contributed by atoms with Gasteiger partial charge in [0.25, 0.3) is 0 Å². The predicted molar refractivity (Wildman–Crippen MR) is 94.3 cm³/mol. The first-order valence-electron chi connectivity index (χ1n) is 9.81. The number of aliphatic hydroxyl groups is 2. The van der Waals surface area contributed by atoms with E-state index in [1.807, 2.05) is 6.92 Å². The summed E-state index contributed by atoms with van der Waals surface area (Å²) >= 11 is 0. The van der Waals surface area contributed by atoms with E-state index in [2.05, 4.69) is 6.58 Å². The standard InChI is InChI=1S/C20H36O3/c1-3-17(21)18(4-2)23-20(16-13-9-6-10-14-16)19(22)15-11-7-5-8-12-15/h4,15-22H,2-3,5-14H2,1H3. The summed E-state index contributed by atoms with van der Waals surface area (Å²) < 4.78 is 6.29. The van der Waals surface area contributed by atoms with E-state index in [1.54, 1.807) is 6.08 Å². The van der Waals surface area contributed by atoms with Gasteiger partial charge in [-0.3, -0.25) is 0 Å². The van der Waals surface area contributed by atoms with Crippen LogP contribution in [0, 0.1) is 11.8 Å². The molecule has 0 spiro atoms. The molecule has 0 aromatic rings. The number of rotatable bonds is 8. The van der Waals surface area contributed by atoms with Crippen molar-refractivity contribution >= 4 is 0 Å². The molecule has 23 heavy (non-hydrogen) atoms. The fourth-order valence-corrected chi connectivity index (χ4v) is 4.39. The zero-order chi connectivity index (χ0) is 16.7. The largest absolute Gasteiger partial charge is 0.390 e. The highest BCUT2D eigenvalue weighted by atomic mass is 16.5. The molecule has 0 amide bonds. The molecule has 134 valence electrons. The SMILES string of the molecule is C=CC(OC(C1CCCCC1)C(O)C1CCCCC1)C(O)CC. The van der Waals surface area contributed by atoms with E-state index >= 15 is 0 Å². The van der Waals surface area contributed by atoms with Gasteiger partial charge in [-0.2, -0.15) is 0 Å². The van der Waals surface area contributed by atoms with Crippen LogP contribution in [0.25, 0.3) is 0 Å². The number of hydrogen-bond donors (Lipinski definition) is 2. The van der Waals surface area contributed by atoms with E-state index in [1.165, 1.54) is 38.5 Å². The maximum Gasteiger partial charge on any atom is 0.102 e. The molecule has 0 aromatic carbocycles. The van der Waals surface area contributed by atoms with Gasteiger partial charge in [0.15, 0.2) is 0 Å². The van der Waals surface area contributed by atoms with Gasteiger partial charge in [0.2, 0.25) is 0 Å². The van der Waals surface area contributed by atoms with Crippen LogP contribution in [0.1, 0.15) is 77.6 Å². The minimum atomic E-state index is -0.530. The average molecular weight is 325 g/mol. The monoisotopic (exact) mass is 324 g/mol. The van der Waals surface area contributed by atoms with Crippen molar-refractivity contribution in [3.8, 4) is 0 Å². The van der Waals surface area contributed by atoms with E-state index in [0.29, 0.717) is 18.3 Å².